The van der Waals surface area contributed by atoms with E-state index >= 15 is 0 Å². The maximum atomic E-state index is 12.8. The van der Waals surface area contributed by atoms with Crippen LogP contribution in [0.5, 0.6) is 0 Å². The second-order valence-electron chi connectivity index (χ2n) is 4.94. The standard InChI is InChI=1S/C17H14ClFN2O3/c18-13-3-1-2-12(10-13)17(24)21-20-16(23)9-8-15(22)11-4-6-14(19)7-5-11/h1-7,10H,8-9H2,(H,20,23)(H,21,24). The van der Waals surface area contributed by atoms with E-state index in [1.165, 1.54) is 30.3 Å². The Labute approximate surface area is 142 Å². The molecule has 0 saturated carbocycles. The van der Waals surface area contributed by atoms with Gasteiger partial charge in [-0.25, -0.2) is 4.39 Å². The van der Waals surface area contributed by atoms with Gasteiger partial charge in [-0.1, -0.05) is 17.7 Å². The molecule has 7 heteroatoms. The van der Waals surface area contributed by atoms with Gasteiger partial charge in [-0.3, -0.25) is 25.2 Å². The molecule has 0 heterocycles. The topological polar surface area (TPSA) is 75.3 Å². The zero-order valence-electron chi connectivity index (χ0n) is 12.5. The van der Waals surface area contributed by atoms with Gasteiger partial charge in [-0.15, -0.1) is 0 Å². The van der Waals surface area contributed by atoms with Gasteiger partial charge < -0.3 is 0 Å². The molecule has 0 aliphatic heterocycles. The minimum Gasteiger partial charge on any atom is -0.294 e. The third-order valence-corrected chi connectivity index (χ3v) is 3.38. The third-order valence-electron chi connectivity index (χ3n) is 3.15. The number of amides is 2. The summed E-state index contributed by atoms with van der Waals surface area (Å²) in [5, 5.41) is 0.402. The van der Waals surface area contributed by atoms with E-state index in [2.05, 4.69) is 10.9 Å². The Balaban J connectivity index is 1.78. The number of hydrogen-bond acceptors (Lipinski definition) is 3. The molecule has 2 N–H and O–H groups in total. The third kappa shape index (κ3) is 5.17. The van der Waals surface area contributed by atoms with Crippen LogP contribution < -0.4 is 10.9 Å². The van der Waals surface area contributed by atoms with Crippen LogP contribution in [-0.4, -0.2) is 17.6 Å². The van der Waals surface area contributed by atoms with Crippen molar-refractivity contribution in [2.45, 2.75) is 12.8 Å². The molecular formula is C17H14ClFN2O3. The van der Waals surface area contributed by atoms with Crippen LogP contribution >= 0.6 is 11.6 Å². The highest BCUT2D eigenvalue weighted by molar-refractivity contribution is 6.30. The maximum absolute atomic E-state index is 12.8. The number of halogens is 2. The van der Waals surface area contributed by atoms with E-state index in [0.29, 0.717) is 16.1 Å². The van der Waals surface area contributed by atoms with Crippen LogP contribution in [0.4, 0.5) is 4.39 Å². The predicted molar refractivity (Wildman–Crippen MR) is 87.0 cm³/mol. The van der Waals surface area contributed by atoms with E-state index in [1.807, 2.05) is 0 Å². The summed E-state index contributed by atoms with van der Waals surface area (Å²) in [5.74, 6) is -1.75. The number of hydrogen-bond donors (Lipinski definition) is 2. The highest BCUT2D eigenvalue weighted by Crippen LogP contribution is 2.10. The quantitative estimate of drug-likeness (QED) is 0.644. The fraction of sp³-hybridized carbons (Fsp3) is 0.118. The minimum atomic E-state index is -0.518. The Morgan fingerprint density at radius 2 is 1.62 bits per heavy atom. The van der Waals surface area contributed by atoms with E-state index in [4.69, 9.17) is 11.6 Å². The number of carbonyl (C=O) groups is 3. The van der Waals surface area contributed by atoms with Crippen molar-refractivity contribution < 1.29 is 18.8 Å². The fourth-order valence-electron chi connectivity index (χ4n) is 1.90. The van der Waals surface area contributed by atoms with Gasteiger partial charge in [0.1, 0.15) is 5.82 Å². The minimum absolute atomic E-state index is 0.0511. The first kappa shape index (κ1) is 17.6. The largest absolute Gasteiger partial charge is 0.294 e. The highest BCUT2D eigenvalue weighted by Gasteiger charge is 2.11. The number of benzene rings is 2. The molecule has 5 nitrogen and oxygen atoms in total. The first-order valence-electron chi connectivity index (χ1n) is 7.09. The number of ketones is 1. The molecule has 0 fully saturated rings. The van der Waals surface area contributed by atoms with E-state index in [0.717, 1.165) is 0 Å². The van der Waals surface area contributed by atoms with Gasteiger partial charge >= 0.3 is 0 Å². The number of hydrazine groups is 1. The van der Waals surface area contributed by atoms with Crippen molar-refractivity contribution in [1.29, 1.82) is 0 Å². The van der Waals surface area contributed by atoms with E-state index in [9.17, 15) is 18.8 Å². The zero-order chi connectivity index (χ0) is 17.5. The molecule has 24 heavy (non-hydrogen) atoms. The lowest BCUT2D eigenvalue weighted by Gasteiger charge is -2.07. The summed E-state index contributed by atoms with van der Waals surface area (Å²) in [5.41, 5.74) is 5.08. The van der Waals surface area contributed by atoms with Crippen LogP contribution in [-0.2, 0) is 4.79 Å². The molecule has 0 atom stereocenters. The second-order valence-corrected chi connectivity index (χ2v) is 5.38. The molecule has 124 valence electrons. The Hall–Kier alpha value is -2.73. The summed E-state index contributed by atoms with van der Waals surface area (Å²) in [7, 11) is 0. The van der Waals surface area contributed by atoms with Crippen LogP contribution in [0.1, 0.15) is 33.6 Å². The lowest BCUT2D eigenvalue weighted by molar-refractivity contribution is -0.121. The number of nitrogens with one attached hydrogen (secondary N) is 2. The average molecular weight is 349 g/mol. The van der Waals surface area contributed by atoms with Crippen molar-refractivity contribution in [1.82, 2.24) is 10.9 Å². The SMILES string of the molecule is O=C(CCC(=O)c1ccc(F)cc1)NNC(=O)c1cccc(Cl)c1. The van der Waals surface area contributed by atoms with Gasteiger partial charge in [0.25, 0.3) is 5.91 Å². The molecule has 0 spiro atoms. The number of Topliss-reactive ketones (excluding diaryl/α,β-unsaturated/α-hetero) is 1. The van der Waals surface area contributed by atoms with Crippen molar-refractivity contribution in [2.75, 3.05) is 0 Å². The Morgan fingerprint density at radius 3 is 2.29 bits per heavy atom. The van der Waals surface area contributed by atoms with Crippen molar-refractivity contribution in [3.8, 4) is 0 Å². The number of rotatable bonds is 5. The predicted octanol–water partition coefficient (Wildman–Crippen LogP) is 2.90. The molecule has 2 aromatic rings. The molecule has 0 aromatic heterocycles. The number of carbonyl (C=O) groups excluding carboxylic acids is 3. The first-order chi connectivity index (χ1) is 11.5. The first-order valence-corrected chi connectivity index (χ1v) is 7.47. The van der Waals surface area contributed by atoms with Crippen LogP contribution in [0, 0.1) is 5.82 Å². The average Bonchev–Trinajstić information content (AvgIpc) is 2.58. The summed E-state index contributed by atoms with van der Waals surface area (Å²) in [6, 6.07) is 11.3. The summed E-state index contributed by atoms with van der Waals surface area (Å²) < 4.78 is 12.8. The zero-order valence-corrected chi connectivity index (χ0v) is 13.3. The molecule has 0 saturated heterocycles. The van der Waals surface area contributed by atoms with Crippen molar-refractivity contribution in [3.63, 3.8) is 0 Å². The summed E-state index contributed by atoms with van der Waals surface area (Å²) in [6.45, 7) is 0. The molecule has 2 rings (SSSR count). The molecule has 2 aromatic carbocycles. The lowest BCUT2D eigenvalue weighted by atomic mass is 10.1. The molecule has 0 aliphatic rings. The summed E-state index contributed by atoms with van der Waals surface area (Å²) >= 11 is 5.78. The summed E-state index contributed by atoms with van der Waals surface area (Å²) in [4.78, 5) is 35.3. The van der Waals surface area contributed by atoms with Gasteiger partial charge in [-0.05, 0) is 42.5 Å². The van der Waals surface area contributed by atoms with Gasteiger partial charge in [0.05, 0.1) is 0 Å². The Kier molecular flexibility index (Phi) is 6.03. The monoisotopic (exact) mass is 348 g/mol. The molecule has 0 aliphatic carbocycles. The van der Waals surface area contributed by atoms with E-state index in [-0.39, 0.29) is 18.6 Å². The second kappa shape index (κ2) is 8.21. The molecule has 0 bridgehead atoms. The van der Waals surface area contributed by atoms with Gasteiger partial charge in [0.15, 0.2) is 5.78 Å². The van der Waals surface area contributed by atoms with Gasteiger partial charge in [0, 0.05) is 29.0 Å². The van der Waals surface area contributed by atoms with Crippen LogP contribution in [0.15, 0.2) is 48.5 Å². The molecule has 0 radical (unpaired) electrons. The van der Waals surface area contributed by atoms with Crippen molar-refractivity contribution in [2.24, 2.45) is 0 Å². The van der Waals surface area contributed by atoms with Crippen LogP contribution in [0.25, 0.3) is 0 Å². The highest BCUT2D eigenvalue weighted by atomic mass is 35.5. The fourth-order valence-corrected chi connectivity index (χ4v) is 2.09. The lowest BCUT2D eigenvalue weighted by Crippen LogP contribution is -2.41. The van der Waals surface area contributed by atoms with Gasteiger partial charge in [-0.2, -0.15) is 0 Å². The Morgan fingerprint density at radius 1 is 0.917 bits per heavy atom. The van der Waals surface area contributed by atoms with E-state index < -0.39 is 17.6 Å². The maximum Gasteiger partial charge on any atom is 0.269 e. The van der Waals surface area contributed by atoms with Crippen LogP contribution in [0.3, 0.4) is 0 Å². The smallest absolute Gasteiger partial charge is 0.269 e. The molecular weight excluding hydrogens is 335 g/mol. The van der Waals surface area contributed by atoms with E-state index in [1.54, 1.807) is 18.2 Å². The molecule has 2 amide bonds. The van der Waals surface area contributed by atoms with Crippen molar-refractivity contribution >= 4 is 29.2 Å². The normalized spacial score (nSPS) is 10.1. The van der Waals surface area contributed by atoms with Gasteiger partial charge in [0.2, 0.25) is 5.91 Å². The molecule has 0 unspecified atom stereocenters. The summed E-state index contributed by atoms with van der Waals surface area (Å²) in [6.07, 6.45) is -0.156. The Bertz CT molecular complexity index is 763. The van der Waals surface area contributed by atoms with Crippen LogP contribution in [0.2, 0.25) is 5.02 Å². The van der Waals surface area contributed by atoms with Crippen molar-refractivity contribution in [3.05, 3.63) is 70.5 Å².